The van der Waals surface area contributed by atoms with E-state index in [9.17, 15) is 4.79 Å². The second-order valence-electron chi connectivity index (χ2n) is 5.63. The van der Waals surface area contributed by atoms with Gasteiger partial charge in [0.25, 0.3) is 5.91 Å². The molecule has 1 aliphatic heterocycles. The molecule has 0 bridgehead atoms. The van der Waals surface area contributed by atoms with Crippen LogP contribution in [-0.4, -0.2) is 42.1 Å². The molecule has 0 unspecified atom stereocenters. The van der Waals surface area contributed by atoms with Crippen molar-refractivity contribution in [3.05, 3.63) is 65.5 Å². The fourth-order valence-electron chi connectivity index (χ4n) is 2.64. The molecular weight excluding hydrogens is 290 g/mol. The van der Waals surface area contributed by atoms with Gasteiger partial charge in [-0.05, 0) is 23.3 Å². The van der Waals surface area contributed by atoms with E-state index >= 15 is 0 Å². The summed E-state index contributed by atoms with van der Waals surface area (Å²) >= 11 is 0. The van der Waals surface area contributed by atoms with Gasteiger partial charge in [-0.3, -0.25) is 14.7 Å². The standard InChI is InChI=1S/C18H21N3O2/c22-18(17-5-2-6-19-13-17)20-12-15-3-1-4-16(11-15)14-21-7-9-23-10-8-21/h1-6,11,13H,7-10,12,14H2,(H,20,22). The molecule has 1 aliphatic rings. The van der Waals surface area contributed by atoms with Crippen molar-refractivity contribution in [1.29, 1.82) is 0 Å². The van der Waals surface area contributed by atoms with Crippen molar-refractivity contribution in [3.8, 4) is 0 Å². The monoisotopic (exact) mass is 311 g/mol. The molecule has 0 aliphatic carbocycles. The molecule has 5 nitrogen and oxygen atoms in total. The fraction of sp³-hybridized carbons (Fsp3) is 0.333. The van der Waals surface area contributed by atoms with Gasteiger partial charge < -0.3 is 10.1 Å². The topological polar surface area (TPSA) is 54.5 Å². The van der Waals surface area contributed by atoms with Gasteiger partial charge >= 0.3 is 0 Å². The normalized spacial score (nSPS) is 15.3. The Kier molecular flexibility index (Phi) is 5.34. The molecule has 1 amide bonds. The van der Waals surface area contributed by atoms with Crippen LogP contribution in [0.2, 0.25) is 0 Å². The molecule has 2 heterocycles. The number of ether oxygens (including phenoxy) is 1. The van der Waals surface area contributed by atoms with E-state index in [2.05, 4.69) is 27.3 Å². The summed E-state index contributed by atoms with van der Waals surface area (Å²) in [6.45, 7) is 5.00. The summed E-state index contributed by atoms with van der Waals surface area (Å²) in [6.07, 6.45) is 3.23. The number of hydrogen-bond acceptors (Lipinski definition) is 4. The van der Waals surface area contributed by atoms with E-state index < -0.39 is 0 Å². The molecule has 0 spiro atoms. The predicted molar refractivity (Wildman–Crippen MR) is 87.9 cm³/mol. The van der Waals surface area contributed by atoms with E-state index in [1.54, 1.807) is 24.5 Å². The Hall–Kier alpha value is -2.24. The van der Waals surface area contributed by atoms with Crippen LogP contribution >= 0.6 is 0 Å². The van der Waals surface area contributed by atoms with Crippen molar-refractivity contribution in [2.75, 3.05) is 26.3 Å². The lowest BCUT2D eigenvalue weighted by Gasteiger charge is -2.26. The zero-order valence-corrected chi connectivity index (χ0v) is 13.1. The van der Waals surface area contributed by atoms with Crippen LogP contribution in [0.5, 0.6) is 0 Å². The Labute approximate surface area is 136 Å². The van der Waals surface area contributed by atoms with Crippen molar-refractivity contribution in [2.45, 2.75) is 13.1 Å². The summed E-state index contributed by atoms with van der Waals surface area (Å²) < 4.78 is 5.37. The maximum absolute atomic E-state index is 12.0. The Bertz CT molecular complexity index is 640. The molecule has 1 aromatic carbocycles. The number of morpholine rings is 1. The number of amides is 1. The smallest absolute Gasteiger partial charge is 0.253 e. The number of benzene rings is 1. The van der Waals surface area contributed by atoms with Gasteiger partial charge in [-0.1, -0.05) is 24.3 Å². The summed E-state index contributed by atoms with van der Waals surface area (Å²) in [5.74, 6) is -0.100. The van der Waals surface area contributed by atoms with Gasteiger partial charge in [-0.2, -0.15) is 0 Å². The highest BCUT2D eigenvalue weighted by molar-refractivity contribution is 5.93. The van der Waals surface area contributed by atoms with Crippen molar-refractivity contribution >= 4 is 5.91 Å². The first-order valence-corrected chi connectivity index (χ1v) is 7.87. The highest BCUT2D eigenvalue weighted by atomic mass is 16.5. The molecule has 1 aromatic heterocycles. The summed E-state index contributed by atoms with van der Waals surface area (Å²) in [5.41, 5.74) is 2.95. The van der Waals surface area contributed by atoms with Gasteiger partial charge in [-0.15, -0.1) is 0 Å². The largest absolute Gasteiger partial charge is 0.379 e. The van der Waals surface area contributed by atoms with Crippen LogP contribution in [0.15, 0.2) is 48.8 Å². The van der Waals surface area contributed by atoms with Crippen LogP contribution in [0.1, 0.15) is 21.5 Å². The van der Waals surface area contributed by atoms with Gasteiger partial charge in [-0.25, -0.2) is 0 Å². The number of aromatic nitrogens is 1. The van der Waals surface area contributed by atoms with Crippen molar-refractivity contribution in [3.63, 3.8) is 0 Å². The molecule has 0 radical (unpaired) electrons. The van der Waals surface area contributed by atoms with Crippen LogP contribution in [-0.2, 0) is 17.8 Å². The molecule has 0 saturated carbocycles. The maximum atomic E-state index is 12.0. The number of hydrogen-bond donors (Lipinski definition) is 1. The molecule has 23 heavy (non-hydrogen) atoms. The molecule has 1 N–H and O–H groups in total. The number of rotatable bonds is 5. The second kappa shape index (κ2) is 7.85. The lowest BCUT2D eigenvalue weighted by atomic mass is 10.1. The Morgan fingerprint density at radius 2 is 2.00 bits per heavy atom. The third-order valence-electron chi connectivity index (χ3n) is 3.88. The Balaban J connectivity index is 1.56. The van der Waals surface area contributed by atoms with Crippen molar-refractivity contribution in [1.82, 2.24) is 15.2 Å². The maximum Gasteiger partial charge on any atom is 0.253 e. The van der Waals surface area contributed by atoms with Gasteiger partial charge in [0.15, 0.2) is 0 Å². The molecular formula is C18H21N3O2. The average molecular weight is 311 g/mol. The SMILES string of the molecule is O=C(NCc1cccc(CN2CCOCC2)c1)c1cccnc1. The van der Waals surface area contributed by atoms with Gasteiger partial charge in [0.05, 0.1) is 18.8 Å². The minimum absolute atomic E-state index is 0.100. The van der Waals surface area contributed by atoms with Gasteiger partial charge in [0.1, 0.15) is 0 Å². The molecule has 1 saturated heterocycles. The molecule has 3 rings (SSSR count). The fourth-order valence-corrected chi connectivity index (χ4v) is 2.64. The minimum atomic E-state index is -0.100. The Morgan fingerprint density at radius 3 is 2.78 bits per heavy atom. The highest BCUT2D eigenvalue weighted by Gasteiger charge is 2.11. The third-order valence-corrected chi connectivity index (χ3v) is 3.88. The van der Waals surface area contributed by atoms with Crippen LogP contribution in [0.3, 0.4) is 0 Å². The van der Waals surface area contributed by atoms with Crippen LogP contribution < -0.4 is 5.32 Å². The molecule has 0 atom stereocenters. The van der Waals surface area contributed by atoms with Crippen LogP contribution in [0.4, 0.5) is 0 Å². The molecule has 5 heteroatoms. The van der Waals surface area contributed by atoms with E-state index in [0.29, 0.717) is 12.1 Å². The van der Waals surface area contributed by atoms with E-state index in [1.807, 2.05) is 12.1 Å². The third kappa shape index (κ3) is 4.61. The number of nitrogens with one attached hydrogen (secondary N) is 1. The molecule has 1 fully saturated rings. The summed E-state index contributed by atoms with van der Waals surface area (Å²) in [7, 11) is 0. The minimum Gasteiger partial charge on any atom is -0.379 e. The lowest BCUT2D eigenvalue weighted by molar-refractivity contribution is 0.0342. The van der Waals surface area contributed by atoms with E-state index in [0.717, 1.165) is 38.4 Å². The Morgan fingerprint density at radius 1 is 1.17 bits per heavy atom. The zero-order valence-electron chi connectivity index (χ0n) is 13.1. The van der Waals surface area contributed by atoms with E-state index in [4.69, 9.17) is 4.74 Å². The highest BCUT2D eigenvalue weighted by Crippen LogP contribution is 2.10. The number of carbonyl (C=O) groups is 1. The van der Waals surface area contributed by atoms with Crippen molar-refractivity contribution < 1.29 is 9.53 Å². The first kappa shape index (κ1) is 15.6. The first-order chi connectivity index (χ1) is 11.3. The van der Waals surface area contributed by atoms with Gasteiger partial charge in [0.2, 0.25) is 0 Å². The van der Waals surface area contributed by atoms with Crippen molar-refractivity contribution in [2.24, 2.45) is 0 Å². The predicted octanol–water partition coefficient (Wildman–Crippen LogP) is 1.84. The number of carbonyl (C=O) groups excluding carboxylic acids is 1. The van der Waals surface area contributed by atoms with E-state index in [1.165, 1.54) is 5.56 Å². The zero-order chi connectivity index (χ0) is 15.9. The summed E-state index contributed by atoms with van der Waals surface area (Å²) in [5, 5.41) is 2.93. The van der Waals surface area contributed by atoms with Crippen LogP contribution in [0.25, 0.3) is 0 Å². The summed E-state index contributed by atoms with van der Waals surface area (Å²) in [4.78, 5) is 18.4. The number of nitrogens with zero attached hydrogens (tertiary/aromatic N) is 2. The quantitative estimate of drug-likeness (QED) is 0.915. The number of pyridine rings is 1. The first-order valence-electron chi connectivity index (χ1n) is 7.87. The molecule has 2 aromatic rings. The van der Waals surface area contributed by atoms with Crippen LogP contribution in [0, 0.1) is 0 Å². The second-order valence-corrected chi connectivity index (χ2v) is 5.63. The lowest BCUT2D eigenvalue weighted by Crippen LogP contribution is -2.35. The van der Waals surface area contributed by atoms with Gasteiger partial charge in [0, 0.05) is 38.6 Å². The summed E-state index contributed by atoms with van der Waals surface area (Å²) in [6, 6.07) is 11.9. The van der Waals surface area contributed by atoms with E-state index in [-0.39, 0.29) is 5.91 Å². The average Bonchev–Trinajstić information content (AvgIpc) is 2.62. The molecule has 120 valence electrons.